The van der Waals surface area contributed by atoms with E-state index in [0.29, 0.717) is 24.3 Å². The largest absolute Gasteiger partial charge is 0.334 e. The number of nitrogens with zero attached hydrogens (tertiary/aromatic N) is 4. The summed E-state index contributed by atoms with van der Waals surface area (Å²) >= 11 is 1.44. The minimum absolute atomic E-state index is 0.0407. The molecule has 4 aromatic rings. The van der Waals surface area contributed by atoms with Crippen molar-refractivity contribution in [2.75, 3.05) is 6.54 Å². The molecule has 5 rings (SSSR count). The SMILES string of the molecule is Cc1nc(C(=O)N2CCCC[C@H]2Cc2nc3c(F)cccn3c2C)c(-c2ccc(F)cc2)s1. The van der Waals surface area contributed by atoms with Gasteiger partial charge in [-0.3, -0.25) is 4.79 Å². The Labute approximate surface area is 194 Å². The van der Waals surface area contributed by atoms with Crippen LogP contribution in [0.5, 0.6) is 0 Å². The second-order valence-corrected chi connectivity index (χ2v) is 9.67. The molecular formula is C25H24F2N4OS. The molecule has 1 saturated heterocycles. The van der Waals surface area contributed by atoms with Crippen LogP contribution < -0.4 is 0 Å². The van der Waals surface area contributed by atoms with Gasteiger partial charge in [0.1, 0.15) is 11.5 Å². The highest BCUT2D eigenvalue weighted by atomic mass is 32.1. The number of carbonyl (C=O) groups is 1. The van der Waals surface area contributed by atoms with E-state index in [-0.39, 0.29) is 23.6 Å². The maximum atomic E-state index is 14.2. The highest BCUT2D eigenvalue weighted by molar-refractivity contribution is 7.15. The van der Waals surface area contributed by atoms with Gasteiger partial charge >= 0.3 is 0 Å². The van der Waals surface area contributed by atoms with Crippen molar-refractivity contribution in [3.8, 4) is 10.4 Å². The summed E-state index contributed by atoms with van der Waals surface area (Å²) in [7, 11) is 0. The highest BCUT2D eigenvalue weighted by Gasteiger charge is 2.32. The smallest absolute Gasteiger partial charge is 0.274 e. The summed E-state index contributed by atoms with van der Waals surface area (Å²) in [5.41, 5.74) is 3.20. The van der Waals surface area contributed by atoms with Crippen LogP contribution in [0, 0.1) is 25.5 Å². The Hall–Kier alpha value is -3.13. The van der Waals surface area contributed by atoms with Crippen LogP contribution in [0.3, 0.4) is 0 Å². The molecule has 0 spiro atoms. The van der Waals surface area contributed by atoms with Gasteiger partial charge in [-0.1, -0.05) is 12.1 Å². The number of imidazole rings is 1. The molecule has 8 heteroatoms. The fourth-order valence-corrected chi connectivity index (χ4v) is 5.52. The zero-order valence-corrected chi connectivity index (χ0v) is 19.3. The molecular weight excluding hydrogens is 442 g/mol. The van der Waals surface area contributed by atoms with Crippen molar-refractivity contribution >= 4 is 22.9 Å². The summed E-state index contributed by atoms with van der Waals surface area (Å²) < 4.78 is 29.4. The molecule has 170 valence electrons. The van der Waals surface area contributed by atoms with Gasteiger partial charge in [0.05, 0.1) is 15.6 Å². The van der Waals surface area contributed by atoms with Crippen molar-refractivity contribution in [2.24, 2.45) is 0 Å². The topological polar surface area (TPSA) is 50.5 Å². The van der Waals surface area contributed by atoms with Crippen molar-refractivity contribution in [1.29, 1.82) is 0 Å². The van der Waals surface area contributed by atoms with Crippen molar-refractivity contribution in [1.82, 2.24) is 19.3 Å². The molecule has 0 aliphatic carbocycles. The zero-order chi connectivity index (χ0) is 23.1. The van der Waals surface area contributed by atoms with E-state index in [1.54, 1.807) is 28.8 Å². The van der Waals surface area contributed by atoms with Gasteiger partial charge in [0.2, 0.25) is 0 Å². The molecule has 1 atom stereocenters. The fraction of sp³-hybridized carbons (Fsp3) is 0.320. The monoisotopic (exact) mass is 466 g/mol. The van der Waals surface area contributed by atoms with Gasteiger partial charge in [-0.2, -0.15) is 0 Å². The summed E-state index contributed by atoms with van der Waals surface area (Å²) in [6.45, 7) is 4.45. The molecule has 0 bridgehead atoms. The number of benzene rings is 1. The Morgan fingerprint density at radius 1 is 1.12 bits per heavy atom. The number of aryl methyl sites for hydroxylation is 2. The van der Waals surface area contributed by atoms with Crippen LogP contribution in [0.1, 0.15) is 46.1 Å². The van der Waals surface area contributed by atoms with E-state index in [1.165, 1.54) is 29.5 Å². The molecule has 3 aromatic heterocycles. The average Bonchev–Trinajstić information content (AvgIpc) is 3.35. The van der Waals surface area contributed by atoms with E-state index in [9.17, 15) is 13.6 Å². The summed E-state index contributed by atoms with van der Waals surface area (Å²) in [5.74, 6) is -0.787. The van der Waals surface area contributed by atoms with Crippen LogP contribution in [0.15, 0.2) is 42.6 Å². The van der Waals surface area contributed by atoms with E-state index in [0.717, 1.165) is 46.1 Å². The number of halogens is 2. The Bertz CT molecular complexity index is 1330. The van der Waals surface area contributed by atoms with Crippen LogP contribution in [0.4, 0.5) is 8.78 Å². The Kier molecular flexibility index (Phi) is 5.70. The van der Waals surface area contributed by atoms with Crippen LogP contribution in [0.2, 0.25) is 0 Å². The number of thiazole rings is 1. The predicted octanol–water partition coefficient (Wildman–Crippen LogP) is 5.59. The molecule has 0 unspecified atom stereocenters. The number of piperidine rings is 1. The molecule has 0 N–H and O–H groups in total. The normalized spacial score (nSPS) is 16.5. The van der Waals surface area contributed by atoms with Crippen molar-refractivity contribution < 1.29 is 13.6 Å². The first-order valence-corrected chi connectivity index (χ1v) is 11.9. The molecule has 1 aromatic carbocycles. The van der Waals surface area contributed by atoms with Gasteiger partial charge in [0.15, 0.2) is 11.5 Å². The standard InChI is InChI=1S/C25H24F2N4OS/c1-15-21(29-24-20(27)7-5-13-30(15)24)14-19-6-3-4-12-31(19)25(32)22-23(33-16(2)28-22)17-8-10-18(26)11-9-17/h5,7-11,13,19H,3-4,6,12,14H2,1-2H3/t19-/m0/s1. The molecule has 0 saturated carbocycles. The lowest BCUT2D eigenvalue weighted by atomic mass is 9.96. The molecule has 1 fully saturated rings. The van der Waals surface area contributed by atoms with Crippen LogP contribution in [-0.4, -0.2) is 37.8 Å². The quantitative estimate of drug-likeness (QED) is 0.394. The number of amides is 1. The summed E-state index contributed by atoms with van der Waals surface area (Å²) in [6.07, 6.45) is 5.18. The minimum atomic E-state index is -0.356. The molecule has 33 heavy (non-hydrogen) atoms. The number of carbonyl (C=O) groups excluding carboxylic acids is 1. The molecule has 0 radical (unpaired) electrons. The van der Waals surface area contributed by atoms with Gasteiger partial charge in [-0.25, -0.2) is 18.7 Å². The zero-order valence-electron chi connectivity index (χ0n) is 18.5. The third-order valence-electron chi connectivity index (χ3n) is 6.30. The summed E-state index contributed by atoms with van der Waals surface area (Å²) in [5, 5.41) is 0.790. The van der Waals surface area contributed by atoms with E-state index in [2.05, 4.69) is 9.97 Å². The Morgan fingerprint density at radius 2 is 1.91 bits per heavy atom. The lowest BCUT2D eigenvalue weighted by Gasteiger charge is -2.35. The Morgan fingerprint density at radius 3 is 2.67 bits per heavy atom. The van der Waals surface area contributed by atoms with Crippen molar-refractivity contribution in [2.45, 2.75) is 45.6 Å². The van der Waals surface area contributed by atoms with Gasteiger partial charge in [-0.15, -0.1) is 11.3 Å². The third-order valence-corrected chi connectivity index (χ3v) is 7.32. The lowest BCUT2D eigenvalue weighted by molar-refractivity contribution is 0.0607. The second kappa shape index (κ2) is 8.67. The number of rotatable bonds is 4. The maximum absolute atomic E-state index is 14.2. The number of aromatic nitrogens is 3. The van der Waals surface area contributed by atoms with Crippen LogP contribution >= 0.6 is 11.3 Å². The molecule has 1 amide bonds. The Balaban J connectivity index is 1.47. The molecule has 4 heterocycles. The number of hydrogen-bond acceptors (Lipinski definition) is 4. The summed E-state index contributed by atoms with van der Waals surface area (Å²) in [4.78, 5) is 25.5. The molecule has 1 aliphatic heterocycles. The van der Waals surface area contributed by atoms with Gasteiger partial charge in [-0.05, 0) is 62.9 Å². The predicted molar refractivity (Wildman–Crippen MR) is 125 cm³/mol. The van der Waals surface area contributed by atoms with E-state index in [4.69, 9.17) is 0 Å². The number of fused-ring (bicyclic) bond motifs is 1. The van der Waals surface area contributed by atoms with Crippen molar-refractivity contribution in [3.63, 3.8) is 0 Å². The first-order valence-electron chi connectivity index (χ1n) is 11.1. The highest BCUT2D eigenvalue weighted by Crippen LogP contribution is 2.33. The first kappa shape index (κ1) is 21.7. The maximum Gasteiger partial charge on any atom is 0.274 e. The lowest BCUT2D eigenvalue weighted by Crippen LogP contribution is -2.45. The summed E-state index contributed by atoms with van der Waals surface area (Å²) in [6, 6.07) is 9.19. The van der Waals surface area contributed by atoms with Crippen LogP contribution in [-0.2, 0) is 6.42 Å². The fourth-order valence-electron chi connectivity index (χ4n) is 4.60. The number of pyridine rings is 1. The average molecular weight is 467 g/mol. The third kappa shape index (κ3) is 4.04. The van der Waals surface area contributed by atoms with E-state index in [1.807, 2.05) is 18.7 Å². The van der Waals surface area contributed by atoms with E-state index >= 15 is 0 Å². The van der Waals surface area contributed by atoms with Gasteiger partial charge in [0, 0.05) is 30.9 Å². The van der Waals surface area contributed by atoms with Crippen LogP contribution in [0.25, 0.3) is 16.1 Å². The van der Waals surface area contributed by atoms with E-state index < -0.39 is 0 Å². The molecule has 1 aliphatic rings. The molecule has 5 nitrogen and oxygen atoms in total. The number of hydrogen-bond donors (Lipinski definition) is 0. The first-order chi connectivity index (χ1) is 15.9. The van der Waals surface area contributed by atoms with Gasteiger partial charge < -0.3 is 9.30 Å². The number of likely N-dealkylation sites (tertiary alicyclic amines) is 1. The second-order valence-electron chi connectivity index (χ2n) is 8.46. The van der Waals surface area contributed by atoms with Gasteiger partial charge in [0.25, 0.3) is 5.91 Å². The van der Waals surface area contributed by atoms with Crippen molar-refractivity contribution in [3.05, 3.63) is 76.3 Å². The minimum Gasteiger partial charge on any atom is -0.334 e.